The van der Waals surface area contributed by atoms with Gasteiger partial charge in [-0.1, -0.05) is 17.2 Å². The van der Waals surface area contributed by atoms with Crippen LogP contribution in [0.3, 0.4) is 0 Å². The van der Waals surface area contributed by atoms with Crippen molar-refractivity contribution in [2.75, 3.05) is 11.6 Å². The monoisotopic (exact) mass is 315 g/mol. The van der Waals surface area contributed by atoms with Crippen LogP contribution in [-0.2, 0) is 6.42 Å². The van der Waals surface area contributed by atoms with Gasteiger partial charge in [0, 0.05) is 4.90 Å². The fourth-order valence-electron chi connectivity index (χ4n) is 1.86. The third kappa shape index (κ3) is 3.37. The van der Waals surface area contributed by atoms with E-state index in [4.69, 9.17) is 8.83 Å². The molecular formula is C15H13N3O3S. The van der Waals surface area contributed by atoms with Crippen LogP contribution >= 0.6 is 11.8 Å². The van der Waals surface area contributed by atoms with E-state index in [1.807, 2.05) is 30.5 Å². The molecule has 0 saturated carbocycles. The summed E-state index contributed by atoms with van der Waals surface area (Å²) in [5.41, 5.74) is 1.06. The molecule has 1 N–H and O–H groups in total. The summed E-state index contributed by atoms with van der Waals surface area (Å²) in [6.45, 7) is 0. The van der Waals surface area contributed by atoms with E-state index in [-0.39, 0.29) is 11.8 Å². The molecular weight excluding hydrogens is 302 g/mol. The average molecular weight is 315 g/mol. The van der Waals surface area contributed by atoms with Crippen LogP contribution in [0.25, 0.3) is 0 Å². The largest absolute Gasteiger partial charge is 0.459 e. The van der Waals surface area contributed by atoms with Crippen LogP contribution in [0.15, 0.2) is 56.4 Å². The topological polar surface area (TPSA) is 81.2 Å². The highest BCUT2D eigenvalue weighted by atomic mass is 32.2. The normalized spacial score (nSPS) is 10.6. The first-order valence-corrected chi connectivity index (χ1v) is 7.77. The lowest BCUT2D eigenvalue weighted by atomic mass is 10.1. The van der Waals surface area contributed by atoms with Gasteiger partial charge in [-0.2, -0.15) is 0 Å². The Balaban J connectivity index is 1.64. The quantitative estimate of drug-likeness (QED) is 0.728. The molecule has 6 nitrogen and oxygen atoms in total. The lowest BCUT2D eigenvalue weighted by molar-refractivity contribution is 0.0993. The zero-order valence-corrected chi connectivity index (χ0v) is 12.6. The van der Waals surface area contributed by atoms with Crippen molar-refractivity contribution in [3.8, 4) is 0 Å². The molecule has 22 heavy (non-hydrogen) atoms. The first-order chi connectivity index (χ1) is 10.7. The maximum absolute atomic E-state index is 11.8. The highest BCUT2D eigenvalue weighted by Gasteiger charge is 2.13. The maximum Gasteiger partial charge on any atom is 0.322 e. The molecule has 0 aliphatic rings. The van der Waals surface area contributed by atoms with Gasteiger partial charge in [0.1, 0.15) is 0 Å². The highest BCUT2D eigenvalue weighted by Crippen LogP contribution is 2.17. The minimum atomic E-state index is -0.426. The molecule has 0 aliphatic heterocycles. The maximum atomic E-state index is 11.8. The summed E-state index contributed by atoms with van der Waals surface area (Å²) in [4.78, 5) is 13.0. The SMILES string of the molecule is CSc1ccc(Cc2nnc(NC(=O)c3ccco3)o2)cc1. The van der Waals surface area contributed by atoms with Gasteiger partial charge in [0.15, 0.2) is 5.76 Å². The van der Waals surface area contributed by atoms with Gasteiger partial charge in [0.25, 0.3) is 5.91 Å². The number of hydrogen-bond donors (Lipinski definition) is 1. The van der Waals surface area contributed by atoms with Gasteiger partial charge in [-0.05, 0) is 36.1 Å². The molecule has 0 atom stereocenters. The molecule has 0 spiro atoms. The predicted octanol–water partition coefficient (Wildman–Crippen LogP) is 3.23. The van der Waals surface area contributed by atoms with Gasteiger partial charge in [-0.15, -0.1) is 16.9 Å². The Kier molecular flexibility index (Phi) is 4.24. The van der Waals surface area contributed by atoms with Crippen molar-refractivity contribution in [2.24, 2.45) is 0 Å². The lowest BCUT2D eigenvalue weighted by Gasteiger charge is -1.99. The van der Waals surface area contributed by atoms with Crippen LogP contribution in [0.4, 0.5) is 6.01 Å². The molecule has 7 heteroatoms. The summed E-state index contributed by atoms with van der Waals surface area (Å²) in [5, 5.41) is 10.2. The molecule has 0 bridgehead atoms. The number of amides is 1. The smallest absolute Gasteiger partial charge is 0.322 e. The summed E-state index contributed by atoms with van der Waals surface area (Å²) >= 11 is 1.69. The summed E-state index contributed by atoms with van der Waals surface area (Å²) in [6.07, 6.45) is 3.96. The number of hydrogen-bond acceptors (Lipinski definition) is 6. The van der Waals surface area contributed by atoms with Gasteiger partial charge in [-0.3, -0.25) is 10.1 Å². The van der Waals surface area contributed by atoms with Crippen LogP contribution < -0.4 is 5.32 Å². The Hall–Kier alpha value is -2.54. The van der Waals surface area contributed by atoms with E-state index in [1.54, 1.807) is 23.9 Å². The molecule has 0 saturated heterocycles. The van der Waals surface area contributed by atoms with Crippen molar-refractivity contribution in [3.63, 3.8) is 0 Å². The molecule has 2 heterocycles. The number of nitrogens with one attached hydrogen (secondary N) is 1. The second-order valence-corrected chi connectivity index (χ2v) is 5.34. The second kappa shape index (κ2) is 6.48. The molecule has 1 aromatic carbocycles. The number of nitrogens with zero attached hydrogens (tertiary/aromatic N) is 2. The Labute approximate surface area is 130 Å². The zero-order chi connectivity index (χ0) is 15.4. The van der Waals surface area contributed by atoms with Crippen LogP contribution in [0.1, 0.15) is 22.0 Å². The molecule has 1 amide bonds. The standard InChI is InChI=1S/C15H13N3O3S/c1-22-11-6-4-10(5-7-11)9-13-17-18-15(21-13)16-14(19)12-3-2-8-20-12/h2-8H,9H2,1H3,(H,16,18,19). The first-order valence-electron chi connectivity index (χ1n) is 6.55. The van der Waals surface area contributed by atoms with E-state index < -0.39 is 5.91 Å². The molecule has 2 aromatic heterocycles. The van der Waals surface area contributed by atoms with E-state index >= 15 is 0 Å². The molecule has 3 aromatic rings. The molecule has 0 radical (unpaired) electrons. The van der Waals surface area contributed by atoms with Crippen LogP contribution in [0.5, 0.6) is 0 Å². The van der Waals surface area contributed by atoms with Gasteiger partial charge in [0.2, 0.25) is 5.89 Å². The number of furan rings is 1. The minimum Gasteiger partial charge on any atom is -0.459 e. The molecule has 0 unspecified atom stereocenters. The van der Waals surface area contributed by atoms with E-state index in [1.165, 1.54) is 11.2 Å². The number of carbonyl (C=O) groups is 1. The van der Waals surface area contributed by atoms with E-state index in [0.29, 0.717) is 12.3 Å². The fraction of sp³-hybridized carbons (Fsp3) is 0.133. The summed E-state index contributed by atoms with van der Waals surface area (Å²) in [5.74, 6) is 0.198. The lowest BCUT2D eigenvalue weighted by Crippen LogP contribution is -2.10. The first kappa shape index (κ1) is 14.4. The van der Waals surface area contributed by atoms with Crippen LogP contribution in [0.2, 0.25) is 0 Å². The van der Waals surface area contributed by atoms with Crippen LogP contribution in [-0.4, -0.2) is 22.4 Å². The fourth-order valence-corrected chi connectivity index (χ4v) is 2.27. The highest BCUT2D eigenvalue weighted by molar-refractivity contribution is 7.98. The Morgan fingerprint density at radius 3 is 2.73 bits per heavy atom. The Morgan fingerprint density at radius 1 is 1.23 bits per heavy atom. The zero-order valence-electron chi connectivity index (χ0n) is 11.8. The van der Waals surface area contributed by atoms with Gasteiger partial charge >= 0.3 is 6.01 Å². The average Bonchev–Trinajstić information content (AvgIpc) is 3.20. The number of rotatable bonds is 5. The van der Waals surface area contributed by atoms with Crippen molar-refractivity contribution in [3.05, 3.63) is 59.9 Å². The van der Waals surface area contributed by atoms with E-state index in [2.05, 4.69) is 15.5 Å². The Morgan fingerprint density at radius 2 is 2.05 bits per heavy atom. The summed E-state index contributed by atoms with van der Waals surface area (Å²) < 4.78 is 10.4. The van der Waals surface area contributed by atoms with Crippen molar-refractivity contribution in [1.82, 2.24) is 10.2 Å². The number of aromatic nitrogens is 2. The molecule has 3 rings (SSSR count). The van der Waals surface area contributed by atoms with Crippen molar-refractivity contribution >= 4 is 23.7 Å². The van der Waals surface area contributed by atoms with Crippen LogP contribution in [0, 0.1) is 0 Å². The van der Waals surface area contributed by atoms with Crippen molar-refractivity contribution in [2.45, 2.75) is 11.3 Å². The molecule has 112 valence electrons. The summed E-state index contributed by atoms with van der Waals surface area (Å²) in [6, 6.07) is 11.3. The van der Waals surface area contributed by atoms with Crippen molar-refractivity contribution in [1.29, 1.82) is 0 Å². The predicted molar refractivity (Wildman–Crippen MR) is 82.0 cm³/mol. The Bertz CT molecular complexity index is 751. The van der Waals surface area contributed by atoms with Gasteiger partial charge < -0.3 is 8.83 Å². The second-order valence-electron chi connectivity index (χ2n) is 4.46. The minimum absolute atomic E-state index is 0.0529. The van der Waals surface area contributed by atoms with Gasteiger partial charge in [-0.25, -0.2) is 0 Å². The number of carbonyl (C=O) groups excluding carboxylic acids is 1. The molecule has 0 aliphatic carbocycles. The third-order valence-corrected chi connectivity index (χ3v) is 3.69. The summed E-state index contributed by atoms with van der Waals surface area (Å²) in [7, 11) is 0. The van der Waals surface area contributed by atoms with E-state index in [0.717, 1.165) is 5.56 Å². The van der Waals surface area contributed by atoms with Gasteiger partial charge in [0.05, 0.1) is 12.7 Å². The van der Waals surface area contributed by atoms with Crippen molar-refractivity contribution < 1.29 is 13.6 Å². The third-order valence-electron chi connectivity index (χ3n) is 2.95. The number of anilines is 1. The number of thioether (sulfide) groups is 1. The number of benzene rings is 1. The molecule has 0 fully saturated rings. The van der Waals surface area contributed by atoms with E-state index in [9.17, 15) is 4.79 Å².